The molecule has 0 rings (SSSR count). The van der Waals surface area contributed by atoms with Crippen LogP contribution in [0, 0.1) is 0 Å². The molecular formula is C10H19ClSi2. The lowest BCUT2D eigenvalue weighted by atomic mass is 10.9. The fourth-order valence-electron chi connectivity index (χ4n) is 1.07. The fraction of sp³-hybridized carbons (Fsp3) is 0.400. The molecule has 0 spiro atoms. The molecular weight excluding hydrogens is 212 g/mol. The van der Waals surface area contributed by atoms with Crippen molar-refractivity contribution in [3.63, 3.8) is 0 Å². The van der Waals surface area contributed by atoms with E-state index in [1.807, 2.05) is 17.1 Å². The van der Waals surface area contributed by atoms with Crippen LogP contribution in [-0.2, 0) is 0 Å². The van der Waals surface area contributed by atoms with Crippen molar-refractivity contribution in [3.05, 3.63) is 36.8 Å². The van der Waals surface area contributed by atoms with Crippen LogP contribution in [0.15, 0.2) is 36.8 Å². The minimum absolute atomic E-state index is 1.12. The van der Waals surface area contributed by atoms with E-state index in [2.05, 4.69) is 32.8 Å². The number of halogens is 1. The minimum Gasteiger partial charge on any atom is -0.168 e. The molecule has 0 aromatic carbocycles. The Bertz CT molecular complexity index is 182. The molecule has 0 amide bonds. The van der Waals surface area contributed by atoms with E-state index in [1.165, 1.54) is 0 Å². The molecule has 0 fully saturated rings. The average Bonchev–Trinajstić information content (AvgIpc) is 2.06. The lowest BCUT2D eigenvalue weighted by Gasteiger charge is -2.22. The van der Waals surface area contributed by atoms with Crippen LogP contribution in [0.5, 0.6) is 0 Å². The van der Waals surface area contributed by atoms with Gasteiger partial charge < -0.3 is 0 Å². The largest absolute Gasteiger partial charge is 0.168 e. The van der Waals surface area contributed by atoms with Crippen LogP contribution in [0.2, 0.25) is 25.2 Å². The molecule has 0 aromatic heterocycles. The third kappa shape index (κ3) is 4.65. The maximum Gasteiger partial charge on any atom is 0.150 e. The lowest BCUT2D eigenvalue weighted by molar-refractivity contribution is 1.34. The maximum absolute atomic E-state index is 6.27. The van der Waals surface area contributed by atoms with Gasteiger partial charge in [-0.15, -0.1) is 19.7 Å². The van der Waals surface area contributed by atoms with Gasteiger partial charge in [0.25, 0.3) is 0 Å². The highest BCUT2D eigenvalue weighted by Crippen LogP contribution is 2.24. The van der Waals surface area contributed by atoms with Gasteiger partial charge in [0, 0.05) is 0 Å². The molecule has 3 heteroatoms. The molecule has 74 valence electrons. The van der Waals surface area contributed by atoms with E-state index in [-0.39, 0.29) is 0 Å². The van der Waals surface area contributed by atoms with Crippen LogP contribution in [0.25, 0.3) is 0 Å². The van der Waals surface area contributed by atoms with Gasteiger partial charge in [0.2, 0.25) is 0 Å². The molecule has 0 saturated heterocycles. The molecule has 13 heavy (non-hydrogen) atoms. The molecule has 0 aliphatic carbocycles. The second-order valence-electron chi connectivity index (χ2n) is 3.94. The van der Waals surface area contributed by atoms with Crippen molar-refractivity contribution >= 4 is 26.5 Å². The van der Waals surface area contributed by atoms with Gasteiger partial charge in [-0.1, -0.05) is 30.2 Å². The van der Waals surface area contributed by atoms with E-state index in [0.29, 0.717) is 0 Å². The summed E-state index contributed by atoms with van der Waals surface area (Å²) in [5.74, 6) is 0. The van der Waals surface area contributed by atoms with Gasteiger partial charge in [-0.2, -0.15) is 11.1 Å². The van der Waals surface area contributed by atoms with E-state index < -0.39 is 15.5 Å². The lowest BCUT2D eigenvalue weighted by Crippen LogP contribution is -2.30. The van der Waals surface area contributed by atoms with Gasteiger partial charge in [-0.25, -0.2) is 0 Å². The molecule has 0 saturated carbocycles. The van der Waals surface area contributed by atoms with Gasteiger partial charge in [-0.05, 0) is 12.1 Å². The average molecular weight is 231 g/mol. The third-order valence-corrected chi connectivity index (χ3v) is 8.19. The summed E-state index contributed by atoms with van der Waals surface area (Å²) >= 11 is 6.27. The van der Waals surface area contributed by atoms with Crippen LogP contribution in [0.1, 0.15) is 0 Å². The van der Waals surface area contributed by atoms with Crippen LogP contribution in [0.4, 0.5) is 0 Å². The van der Waals surface area contributed by atoms with E-state index >= 15 is 0 Å². The summed E-state index contributed by atoms with van der Waals surface area (Å²) in [4.78, 5) is 0. The zero-order chi connectivity index (χ0) is 10.5. The zero-order valence-corrected chi connectivity index (χ0v) is 11.4. The quantitative estimate of drug-likeness (QED) is 0.477. The molecule has 0 N–H and O–H groups in total. The van der Waals surface area contributed by atoms with Crippen LogP contribution in [0.3, 0.4) is 0 Å². The van der Waals surface area contributed by atoms with Gasteiger partial charge in [-0.3, -0.25) is 0 Å². The van der Waals surface area contributed by atoms with Crippen molar-refractivity contribution in [2.75, 3.05) is 0 Å². The van der Waals surface area contributed by atoms with E-state index in [4.69, 9.17) is 11.1 Å². The Morgan fingerprint density at radius 1 is 1.00 bits per heavy atom. The van der Waals surface area contributed by atoms with Gasteiger partial charge in [0.1, 0.15) is 15.5 Å². The monoisotopic (exact) mass is 230 g/mol. The number of hydrogen-bond donors (Lipinski definition) is 0. The Balaban J connectivity index is 4.36. The van der Waals surface area contributed by atoms with E-state index in [9.17, 15) is 0 Å². The summed E-state index contributed by atoms with van der Waals surface area (Å²) in [5.41, 5.74) is 6.10. The van der Waals surface area contributed by atoms with Crippen molar-refractivity contribution in [2.24, 2.45) is 0 Å². The molecule has 0 nitrogen and oxygen atoms in total. The van der Waals surface area contributed by atoms with Crippen LogP contribution >= 0.6 is 11.1 Å². The fourth-order valence-corrected chi connectivity index (χ4v) is 7.14. The Labute approximate surface area is 88.7 Å². The van der Waals surface area contributed by atoms with Gasteiger partial charge in [0.15, 0.2) is 0 Å². The summed E-state index contributed by atoms with van der Waals surface area (Å²) in [6.07, 6.45) is 0. The van der Waals surface area contributed by atoms with Crippen molar-refractivity contribution in [1.29, 1.82) is 0 Å². The summed E-state index contributed by atoms with van der Waals surface area (Å²) < 4.78 is 0. The molecule has 0 aliphatic heterocycles. The zero-order valence-electron chi connectivity index (χ0n) is 8.65. The van der Waals surface area contributed by atoms with E-state index in [1.54, 1.807) is 0 Å². The molecule has 0 unspecified atom stereocenters. The van der Waals surface area contributed by atoms with Gasteiger partial charge >= 0.3 is 0 Å². The maximum atomic E-state index is 6.27. The first kappa shape index (κ1) is 12.9. The molecule has 0 radical (unpaired) electrons. The number of rotatable bonds is 6. The molecule has 0 bridgehead atoms. The van der Waals surface area contributed by atoms with Crippen molar-refractivity contribution in [3.8, 4) is 0 Å². The molecule has 0 aliphatic rings. The second kappa shape index (κ2) is 4.98. The first-order valence-electron chi connectivity index (χ1n) is 4.49. The highest BCUT2D eigenvalue weighted by Gasteiger charge is 2.26. The standard InChI is InChI=1S/C10H19ClSi2/c1-6-13(7-2,8-3)10-9-12(4,5)11/h6-8H,1-3,9-10H2,4-5H3. The Morgan fingerprint density at radius 2 is 1.38 bits per heavy atom. The van der Waals surface area contributed by atoms with Crippen LogP contribution < -0.4 is 0 Å². The minimum atomic E-state index is -1.59. The van der Waals surface area contributed by atoms with Crippen molar-refractivity contribution in [2.45, 2.75) is 25.2 Å². The summed E-state index contributed by atoms with van der Waals surface area (Å²) in [7, 11) is -3.04. The SMILES string of the molecule is C=C[Si](C=C)(C=C)CC[Si](C)(C)Cl. The highest BCUT2D eigenvalue weighted by atomic mass is 35.6. The van der Waals surface area contributed by atoms with Crippen molar-refractivity contribution in [1.82, 2.24) is 0 Å². The molecule has 0 aromatic rings. The Hall–Kier alpha value is -0.0562. The highest BCUT2D eigenvalue weighted by molar-refractivity contribution is 7.19. The van der Waals surface area contributed by atoms with E-state index in [0.717, 1.165) is 12.1 Å². The summed E-state index contributed by atoms with van der Waals surface area (Å²) in [6, 6.07) is 2.23. The molecule has 0 heterocycles. The molecule has 0 atom stereocenters. The topological polar surface area (TPSA) is 0 Å². The van der Waals surface area contributed by atoms with Crippen LogP contribution in [-0.4, -0.2) is 15.5 Å². The summed E-state index contributed by atoms with van der Waals surface area (Å²) in [5, 5.41) is 0. The Morgan fingerprint density at radius 3 is 1.62 bits per heavy atom. The predicted octanol–water partition coefficient (Wildman–Crippen LogP) is 4.05. The first-order valence-corrected chi connectivity index (χ1v) is 11.1. The third-order valence-electron chi connectivity index (χ3n) is 2.29. The first-order chi connectivity index (χ1) is 5.89. The smallest absolute Gasteiger partial charge is 0.150 e. The summed E-state index contributed by atoms with van der Waals surface area (Å²) in [6.45, 7) is 15.9. The van der Waals surface area contributed by atoms with Crippen molar-refractivity contribution < 1.29 is 0 Å². The second-order valence-corrected chi connectivity index (χ2v) is 14.9. The normalized spacial score (nSPS) is 12.2. The predicted molar refractivity (Wildman–Crippen MR) is 69.3 cm³/mol. The Kier molecular flexibility index (Phi) is 4.96. The number of hydrogen-bond acceptors (Lipinski definition) is 0. The van der Waals surface area contributed by atoms with Gasteiger partial charge in [0.05, 0.1) is 0 Å².